The molecule has 0 atom stereocenters. The van der Waals surface area contributed by atoms with E-state index in [1.54, 1.807) is 0 Å². The van der Waals surface area contributed by atoms with E-state index in [1.807, 2.05) is 0 Å². The first-order valence-electron chi connectivity index (χ1n) is 4.67. The Morgan fingerprint density at radius 2 is 0.204 bits per heavy atom. The molecule has 0 aliphatic carbocycles. The van der Waals surface area contributed by atoms with Crippen LogP contribution in [0.4, 0.5) is 0 Å². The van der Waals surface area contributed by atoms with Crippen molar-refractivity contribution < 1.29 is 404 Å². The maximum Gasteiger partial charge on any atom is 3.00 e. The van der Waals surface area contributed by atoms with Crippen molar-refractivity contribution in [1.29, 1.82) is 0 Å². The summed E-state index contributed by atoms with van der Waals surface area (Å²) in [7, 11) is -36.2. The predicted octanol–water partition coefficient (Wildman–Crippen LogP) is -30.9. The molecule has 0 unspecified atom stereocenters. The molecule has 0 aromatic rings. The van der Waals surface area contributed by atoms with Gasteiger partial charge < -0.3 is 102 Å². The fourth-order valence-electron chi connectivity index (χ4n) is 0. The molecule has 280 valence electrons. The van der Waals surface area contributed by atoms with Crippen LogP contribution in [0, 0.1) is 0 Å². The molecule has 0 fully saturated rings. The van der Waals surface area contributed by atoms with Crippen LogP contribution in [0.2, 0.25) is 0 Å². The van der Waals surface area contributed by atoms with Crippen molar-refractivity contribution in [2.45, 2.75) is 0 Å². The van der Waals surface area contributed by atoms with E-state index in [0.717, 1.165) is 0 Å². The minimum absolute atomic E-state index is 0. The smallest absolute Gasteiger partial charge is 0.870 e. The molecule has 7 N–H and O–H groups in total. The van der Waals surface area contributed by atoms with E-state index in [-0.39, 0.29) is 446 Å². The molecule has 0 aromatic carbocycles. The molecule has 0 amide bonds. The zero-order valence-corrected chi connectivity index (χ0v) is 58.4. The summed E-state index contributed by atoms with van der Waals surface area (Å²) in [4.78, 5) is 0. The van der Waals surface area contributed by atoms with Crippen LogP contribution in [0.25, 0.3) is 0 Å². The summed E-state index contributed by atoms with van der Waals surface area (Å²) in [6.07, 6.45) is 0. The zero-order valence-electron chi connectivity index (χ0n) is 27.3. The normalized spacial score (nSPS) is 7.52. The van der Waals surface area contributed by atoms with Crippen LogP contribution in [0.3, 0.4) is 0 Å². The Bertz CT molecular complexity index is 970. The fourth-order valence-corrected chi connectivity index (χ4v) is 0. The van der Waals surface area contributed by atoms with Crippen molar-refractivity contribution in [1.82, 2.24) is 0 Å². The van der Waals surface area contributed by atoms with Gasteiger partial charge in [-0.15, -0.1) is 0 Å². The molecule has 0 aliphatic rings. The Hall–Kier alpha value is 12.1. The minimum atomic E-state index is -5.17. The average Bonchev–Trinajstić information content (AvgIpc) is 2.06. The van der Waals surface area contributed by atoms with Gasteiger partial charge in [0.2, 0.25) is 0 Å². The molecule has 0 bridgehead atoms. The first-order chi connectivity index (χ1) is 14.0. The van der Waals surface area contributed by atoms with E-state index in [1.165, 1.54) is 0 Å². The standard InChI is InChI=1S/3Al.3Ca.3K.3Na.7H2O4S.7H2O/c;;;;;;;;;;;;7*1-5(2,3)4;;;;;;;/h;;;;;;;;;;;;7*(H2,1,2,3,4);7*1H2/q3*+3;3*+2;6*+1;;;;;;;;;;;;;;/p-21. The molecular weight excluding hydrogens is 1170 g/mol. The van der Waals surface area contributed by atoms with Gasteiger partial charge in [-0.05, 0) is 0 Å². The number of hydrogen-bond donors (Lipinski definition) is 0. The van der Waals surface area contributed by atoms with Gasteiger partial charge in [0, 0.05) is 72.8 Å². The van der Waals surface area contributed by atoms with Crippen LogP contribution >= 0.6 is 0 Å². The van der Waals surface area contributed by atoms with Crippen LogP contribution in [0.5, 0.6) is 0 Å². The van der Waals surface area contributed by atoms with Gasteiger partial charge in [0.25, 0.3) is 0 Å². The van der Waals surface area contributed by atoms with E-state index in [2.05, 4.69) is 0 Å². The maximum absolute atomic E-state index is 8.52. The molecule has 0 aliphatic heterocycles. The van der Waals surface area contributed by atoms with Crippen molar-refractivity contribution in [3.05, 3.63) is 0 Å². The van der Waals surface area contributed by atoms with Gasteiger partial charge in [-0.1, -0.05) is 0 Å². The molecule has 54 heavy (non-hydrogen) atoms. The van der Waals surface area contributed by atoms with E-state index < -0.39 is 72.8 Å². The Morgan fingerprint density at radius 3 is 0.204 bits per heavy atom. The third-order valence-corrected chi connectivity index (χ3v) is 0. The molecule has 0 spiro atoms. The summed E-state index contributed by atoms with van der Waals surface area (Å²) < 4.78 is 239. The van der Waals surface area contributed by atoms with E-state index in [9.17, 15) is 0 Å². The fraction of sp³-hybridized carbons (Fsp3) is 0. The predicted molar refractivity (Wildman–Crippen MR) is 121 cm³/mol. The average molecular weight is 1180 g/mol. The minimum Gasteiger partial charge on any atom is -0.870 e. The Kier molecular flexibility index (Phi) is 295. The third-order valence-electron chi connectivity index (χ3n) is 0. The summed E-state index contributed by atoms with van der Waals surface area (Å²) >= 11 is 0. The van der Waals surface area contributed by atoms with Crippen LogP contribution < -0.4 is 243 Å². The second-order valence-electron chi connectivity index (χ2n) is 2.86. The maximum atomic E-state index is 8.52. The van der Waals surface area contributed by atoms with Crippen molar-refractivity contribution in [2.24, 2.45) is 0 Å². The van der Waals surface area contributed by atoms with Crippen LogP contribution in [-0.2, 0) is 72.8 Å². The van der Waals surface area contributed by atoms with Crippen molar-refractivity contribution in [3.8, 4) is 0 Å². The Balaban J connectivity index is -0.00000000667. The van der Waals surface area contributed by atoms with Crippen molar-refractivity contribution in [2.75, 3.05) is 0 Å². The van der Waals surface area contributed by atoms with Gasteiger partial charge in [-0.25, -0.2) is 0 Å². The summed E-state index contributed by atoms with van der Waals surface area (Å²) in [5, 5.41) is 0. The van der Waals surface area contributed by atoms with E-state index in [0.29, 0.717) is 0 Å². The third kappa shape index (κ3) is 1740. The quantitative estimate of drug-likeness (QED) is 0.123. The first kappa shape index (κ1) is 174. The largest absolute Gasteiger partial charge is 3.00 e. The summed E-state index contributed by atoms with van der Waals surface area (Å²) in [6, 6.07) is 0. The van der Waals surface area contributed by atoms with Crippen LogP contribution in [-0.4, -0.2) is 326 Å². The van der Waals surface area contributed by atoms with Crippen molar-refractivity contribution >= 4 is 238 Å². The van der Waals surface area contributed by atoms with Gasteiger partial charge in [-0.3, -0.25) is 58.9 Å². The molecule has 54 heteroatoms. The second-order valence-corrected chi connectivity index (χ2v) is 8.57. The molecule has 0 rings (SSSR count). The molecular formula is H7Al3Ca3K3Na3O35S7. The molecule has 0 radical (unpaired) electrons. The zero-order chi connectivity index (χ0) is 31.5. The first-order valence-corrected chi connectivity index (χ1v) is 14.0. The van der Waals surface area contributed by atoms with Gasteiger partial charge in [0.05, 0.1) is 0 Å². The number of hydrogen-bond acceptors (Lipinski definition) is 35. The monoisotopic (exact) mass is 1180 g/mol. The van der Waals surface area contributed by atoms with Crippen LogP contribution in [0.15, 0.2) is 0 Å². The second kappa shape index (κ2) is 91.4. The molecule has 0 heterocycles. The molecule has 0 saturated heterocycles. The van der Waals surface area contributed by atoms with Crippen LogP contribution in [0.1, 0.15) is 0 Å². The Labute approximate surface area is 624 Å². The molecule has 0 saturated carbocycles. The van der Waals surface area contributed by atoms with Gasteiger partial charge in [0.1, 0.15) is 0 Å². The molecule has 0 aromatic heterocycles. The van der Waals surface area contributed by atoms with E-state index in [4.69, 9.17) is 123 Å². The van der Waals surface area contributed by atoms with Gasteiger partial charge >= 0.3 is 408 Å². The summed E-state index contributed by atoms with van der Waals surface area (Å²) in [5.41, 5.74) is 0. The molecule has 35 nitrogen and oxygen atoms in total. The Morgan fingerprint density at radius 1 is 0.204 bits per heavy atom. The summed E-state index contributed by atoms with van der Waals surface area (Å²) in [5.74, 6) is 0. The summed E-state index contributed by atoms with van der Waals surface area (Å²) in [6.45, 7) is 0. The van der Waals surface area contributed by atoms with E-state index >= 15 is 0 Å². The SMILES string of the molecule is O=S(=O)([O-])[O-].O=S(=O)([O-])[O-].O=S(=O)([O-])[O-].O=S(=O)([O-])[O-].O=S(=O)([O-])[O-].O=S(=O)([O-])[O-].O=S(=O)([O-])[O-].[Al+3].[Al+3].[Al+3].[Ca+2].[Ca+2].[Ca+2].[K+].[K+].[K+].[Na+].[Na+].[Na+].[OH-].[OH-].[OH-].[OH-].[OH-].[OH-].[OH-]. The van der Waals surface area contributed by atoms with Gasteiger partial charge in [-0.2, -0.15) is 0 Å². The van der Waals surface area contributed by atoms with Crippen molar-refractivity contribution in [3.63, 3.8) is 0 Å². The van der Waals surface area contributed by atoms with Gasteiger partial charge in [0.15, 0.2) is 0 Å². The number of rotatable bonds is 0. The topological polar surface area (TPSA) is 772 Å².